The minimum absolute atomic E-state index is 0.0451. The molecule has 22 heavy (non-hydrogen) atoms. The molecule has 0 aromatic heterocycles. The zero-order chi connectivity index (χ0) is 16.9. The first kappa shape index (κ1) is 18.2. The van der Waals surface area contributed by atoms with Crippen molar-refractivity contribution in [2.24, 2.45) is 0 Å². The summed E-state index contributed by atoms with van der Waals surface area (Å²) in [6, 6.07) is 3.53. The van der Waals surface area contributed by atoms with Gasteiger partial charge in [0.05, 0.1) is 11.2 Å². The molecule has 1 rings (SSSR count). The summed E-state index contributed by atoms with van der Waals surface area (Å²) in [6.45, 7) is 3.01. The Bertz CT molecular complexity index is 511. The molecule has 2 unspecified atom stereocenters. The summed E-state index contributed by atoms with van der Waals surface area (Å²) < 4.78 is 5.15. The molecule has 0 heterocycles. The molecule has 7 nitrogen and oxygen atoms in total. The van der Waals surface area contributed by atoms with Crippen molar-refractivity contribution in [2.75, 3.05) is 0 Å². The molecule has 5 N–H and O–H groups in total. The summed E-state index contributed by atoms with van der Waals surface area (Å²) in [7, 11) is 0. The number of carbonyl (C=O) groups excluding carboxylic acids is 1. The monoisotopic (exact) mass is 314 g/mol. The summed E-state index contributed by atoms with van der Waals surface area (Å²) in [5.74, 6) is -1.53. The highest BCUT2D eigenvalue weighted by Crippen LogP contribution is 2.26. The molecule has 0 spiro atoms. The Labute approximate surface area is 128 Å². The molecule has 0 saturated carbocycles. The van der Waals surface area contributed by atoms with Crippen LogP contribution >= 0.6 is 0 Å². The van der Waals surface area contributed by atoms with E-state index in [-0.39, 0.29) is 24.2 Å². The fraction of sp³-hybridized carbons (Fsp3) is 0.533. The average molecular weight is 314 g/mol. The van der Waals surface area contributed by atoms with Gasteiger partial charge >= 0.3 is 5.97 Å². The van der Waals surface area contributed by atoms with Gasteiger partial charge in [-0.2, -0.15) is 0 Å². The van der Waals surface area contributed by atoms with Crippen molar-refractivity contribution in [2.45, 2.75) is 51.1 Å². The second-order valence-corrected chi connectivity index (χ2v) is 5.48. The number of rotatable bonds is 7. The number of ether oxygens (including phenoxy) is 1. The van der Waals surface area contributed by atoms with E-state index in [1.807, 2.05) is 0 Å². The maximum atomic E-state index is 11.9. The molecule has 0 aliphatic heterocycles. The van der Waals surface area contributed by atoms with Gasteiger partial charge < -0.3 is 30.3 Å². The quantitative estimate of drug-likeness (QED) is 0.287. The second kappa shape index (κ2) is 7.44. The third-order valence-electron chi connectivity index (χ3n) is 3.52. The molecular formula is C15H22O7. The van der Waals surface area contributed by atoms with Crippen LogP contribution in [0.1, 0.15) is 43.5 Å². The van der Waals surface area contributed by atoms with E-state index in [9.17, 15) is 20.1 Å². The van der Waals surface area contributed by atoms with Crippen molar-refractivity contribution >= 4 is 5.97 Å². The van der Waals surface area contributed by atoms with Gasteiger partial charge in [-0.1, -0.05) is 0 Å². The fourth-order valence-electron chi connectivity index (χ4n) is 1.85. The Morgan fingerprint density at radius 3 is 2.45 bits per heavy atom. The van der Waals surface area contributed by atoms with Crippen LogP contribution in [0.15, 0.2) is 18.2 Å². The Morgan fingerprint density at radius 2 is 1.91 bits per heavy atom. The highest BCUT2D eigenvalue weighted by atomic mass is 16.6. The van der Waals surface area contributed by atoms with Gasteiger partial charge in [-0.15, -0.1) is 0 Å². The standard InChI is InChI=1S/C15H22O7/c1-9(15(2,21)7-3-4-13(18)19)22-14(20)10-5-6-11(16)12(17)8-10/h5-6,8-9,13,16-19,21H,3-4,7H2,1-2H3. The van der Waals surface area contributed by atoms with Crippen molar-refractivity contribution in [1.29, 1.82) is 0 Å². The van der Waals surface area contributed by atoms with Gasteiger partial charge in [-0.25, -0.2) is 4.79 Å². The van der Waals surface area contributed by atoms with Crippen LogP contribution in [0, 0.1) is 0 Å². The van der Waals surface area contributed by atoms with Crippen LogP contribution in [0.5, 0.6) is 11.5 Å². The van der Waals surface area contributed by atoms with E-state index in [4.69, 9.17) is 14.9 Å². The van der Waals surface area contributed by atoms with Gasteiger partial charge in [0.1, 0.15) is 6.10 Å². The number of hydrogen-bond donors (Lipinski definition) is 5. The molecule has 0 saturated heterocycles. The molecular weight excluding hydrogens is 292 g/mol. The lowest BCUT2D eigenvalue weighted by molar-refractivity contribution is -0.0812. The first-order chi connectivity index (χ1) is 10.1. The molecule has 1 aromatic carbocycles. The van der Waals surface area contributed by atoms with Crippen LogP contribution in [0.25, 0.3) is 0 Å². The lowest BCUT2D eigenvalue weighted by Gasteiger charge is -2.30. The Balaban J connectivity index is 2.63. The summed E-state index contributed by atoms with van der Waals surface area (Å²) >= 11 is 0. The highest BCUT2D eigenvalue weighted by molar-refractivity contribution is 5.90. The van der Waals surface area contributed by atoms with E-state index in [1.165, 1.54) is 19.9 Å². The normalized spacial score (nSPS) is 15.4. The maximum Gasteiger partial charge on any atom is 0.338 e. The smallest absolute Gasteiger partial charge is 0.338 e. The number of benzene rings is 1. The largest absolute Gasteiger partial charge is 0.504 e. The molecule has 124 valence electrons. The number of aliphatic hydroxyl groups excluding tert-OH is 1. The lowest BCUT2D eigenvalue weighted by atomic mass is 9.93. The maximum absolute atomic E-state index is 11.9. The topological polar surface area (TPSA) is 127 Å². The minimum atomic E-state index is -1.44. The fourth-order valence-corrected chi connectivity index (χ4v) is 1.85. The molecule has 0 aliphatic rings. The van der Waals surface area contributed by atoms with Crippen LogP contribution in [-0.4, -0.2) is 49.5 Å². The van der Waals surface area contributed by atoms with Crippen LogP contribution in [0.4, 0.5) is 0 Å². The summed E-state index contributed by atoms with van der Waals surface area (Å²) in [4.78, 5) is 11.9. The minimum Gasteiger partial charge on any atom is -0.504 e. The zero-order valence-corrected chi connectivity index (χ0v) is 12.6. The zero-order valence-electron chi connectivity index (χ0n) is 12.6. The summed E-state index contributed by atoms with van der Waals surface area (Å²) in [5, 5.41) is 46.4. The van der Waals surface area contributed by atoms with E-state index in [1.54, 1.807) is 0 Å². The van der Waals surface area contributed by atoms with Gasteiger partial charge in [0.25, 0.3) is 0 Å². The van der Waals surface area contributed by atoms with E-state index in [0.717, 1.165) is 12.1 Å². The van der Waals surface area contributed by atoms with Crippen molar-refractivity contribution in [1.82, 2.24) is 0 Å². The Kier molecular flexibility index (Phi) is 6.16. The van der Waals surface area contributed by atoms with Gasteiger partial charge in [0, 0.05) is 0 Å². The number of phenolic OH excluding ortho intramolecular Hbond substituents is 2. The lowest BCUT2D eigenvalue weighted by Crippen LogP contribution is -2.40. The predicted molar refractivity (Wildman–Crippen MR) is 77.3 cm³/mol. The molecule has 7 heteroatoms. The number of esters is 1. The highest BCUT2D eigenvalue weighted by Gasteiger charge is 2.31. The third kappa shape index (κ3) is 5.18. The van der Waals surface area contributed by atoms with Crippen LogP contribution < -0.4 is 0 Å². The van der Waals surface area contributed by atoms with E-state index in [0.29, 0.717) is 6.42 Å². The van der Waals surface area contributed by atoms with Gasteiger partial charge in [0.2, 0.25) is 0 Å². The van der Waals surface area contributed by atoms with Crippen LogP contribution in [0.2, 0.25) is 0 Å². The van der Waals surface area contributed by atoms with Crippen molar-refractivity contribution in [3.05, 3.63) is 23.8 Å². The number of hydrogen-bond acceptors (Lipinski definition) is 7. The van der Waals surface area contributed by atoms with Crippen molar-refractivity contribution in [3.63, 3.8) is 0 Å². The van der Waals surface area contributed by atoms with Gasteiger partial charge in [-0.05, 0) is 51.3 Å². The number of aliphatic hydroxyl groups is 3. The Hall–Kier alpha value is -1.83. The van der Waals surface area contributed by atoms with E-state index in [2.05, 4.69) is 0 Å². The number of carbonyl (C=O) groups is 1. The average Bonchev–Trinajstić information content (AvgIpc) is 2.40. The molecule has 2 atom stereocenters. The van der Waals surface area contributed by atoms with Crippen molar-refractivity contribution in [3.8, 4) is 11.5 Å². The van der Waals surface area contributed by atoms with Gasteiger partial charge in [0.15, 0.2) is 17.8 Å². The number of aromatic hydroxyl groups is 2. The summed E-state index contributed by atoms with van der Waals surface area (Å²) in [5.41, 5.74) is -1.28. The molecule has 1 aromatic rings. The van der Waals surface area contributed by atoms with E-state index < -0.39 is 29.7 Å². The molecule has 0 bridgehead atoms. The Morgan fingerprint density at radius 1 is 1.27 bits per heavy atom. The second-order valence-electron chi connectivity index (χ2n) is 5.48. The van der Waals surface area contributed by atoms with Crippen LogP contribution in [-0.2, 0) is 4.74 Å². The SMILES string of the molecule is CC(OC(=O)c1ccc(O)c(O)c1)C(C)(O)CCCC(O)O. The van der Waals surface area contributed by atoms with Crippen LogP contribution in [0.3, 0.4) is 0 Å². The van der Waals surface area contributed by atoms with Gasteiger partial charge in [-0.3, -0.25) is 0 Å². The molecule has 0 aliphatic carbocycles. The molecule has 0 radical (unpaired) electrons. The third-order valence-corrected chi connectivity index (χ3v) is 3.52. The van der Waals surface area contributed by atoms with E-state index >= 15 is 0 Å². The van der Waals surface area contributed by atoms with Crippen molar-refractivity contribution < 1.29 is 35.1 Å². The first-order valence-electron chi connectivity index (χ1n) is 6.95. The number of phenols is 2. The summed E-state index contributed by atoms with van der Waals surface area (Å²) in [6.07, 6.45) is -1.59. The molecule has 0 fully saturated rings. The molecule has 0 amide bonds. The first-order valence-corrected chi connectivity index (χ1v) is 6.95. The predicted octanol–water partition coefficient (Wildman–Crippen LogP) is 0.875.